The highest BCUT2D eigenvalue weighted by atomic mass is 35.5. The summed E-state index contributed by atoms with van der Waals surface area (Å²) in [5.41, 5.74) is 2.08. The molecular weight excluding hydrogens is 424 g/mol. The van der Waals surface area contributed by atoms with Crippen molar-refractivity contribution in [3.63, 3.8) is 0 Å². The van der Waals surface area contributed by atoms with Crippen molar-refractivity contribution in [2.24, 2.45) is 5.92 Å². The first-order valence-corrected chi connectivity index (χ1v) is 11.1. The number of anilines is 2. The van der Waals surface area contributed by atoms with Gasteiger partial charge in [-0.25, -0.2) is 0 Å². The van der Waals surface area contributed by atoms with E-state index in [4.69, 9.17) is 16.3 Å². The number of hydrogen-bond donors (Lipinski definition) is 0. The van der Waals surface area contributed by atoms with Crippen molar-refractivity contribution in [2.45, 2.75) is 13.3 Å². The fourth-order valence-electron chi connectivity index (χ4n) is 3.88. The maximum absolute atomic E-state index is 13.3. The van der Waals surface area contributed by atoms with Crippen LogP contribution in [-0.4, -0.2) is 31.5 Å². The number of ether oxygens (including phenoxy) is 1. The molecule has 1 heterocycles. The molecule has 0 spiro atoms. The Balaban J connectivity index is 1.55. The van der Waals surface area contributed by atoms with E-state index in [0.29, 0.717) is 42.5 Å². The Morgan fingerprint density at radius 3 is 2.38 bits per heavy atom. The SMILES string of the molecule is CC1CN(C(=O)c2ccccc2)c2ccccc2N(CCCOc2ccccc2Cl)C1=O. The highest BCUT2D eigenvalue weighted by Gasteiger charge is 2.33. The van der Waals surface area contributed by atoms with Crippen LogP contribution < -0.4 is 14.5 Å². The molecule has 0 fully saturated rings. The van der Waals surface area contributed by atoms with Crippen molar-refractivity contribution in [1.82, 2.24) is 0 Å². The van der Waals surface area contributed by atoms with Crippen LogP contribution in [-0.2, 0) is 4.79 Å². The molecule has 164 valence electrons. The van der Waals surface area contributed by atoms with Crippen LogP contribution in [0.3, 0.4) is 0 Å². The van der Waals surface area contributed by atoms with Crippen molar-refractivity contribution in [3.8, 4) is 5.75 Å². The van der Waals surface area contributed by atoms with Crippen LogP contribution in [0.1, 0.15) is 23.7 Å². The Hall–Kier alpha value is -3.31. The Kier molecular flexibility index (Phi) is 6.76. The Bertz CT molecular complexity index is 1100. The molecule has 0 aliphatic carbocycles. The summed E-state index contributed by atoms with van der Waals surface area (Å²) in [4.78, 5) is 30.0. The zero-order valence-corrected chi connectivity index (χ0v) is 18.7. The van der Waals surface area contributed by atoms with Crippen LogP contribution in [0.5, 0.6) is 5.75 Å². The summed E-state index contributed by atoms with van der Waals surface area (Å²) >= 11 is 6.15. The van der Waals surface area contributed by atoms with Crippen LogP contribution in [0.4, 0.5) is 11.4 Å². The minimum absolute atomic E-state index is 0.00134. The van der Waals surface area contributed by atoms with Crippen molar-refractivity contribution >= 4 is 34.8 Å². The molecular formula is C26H25ClN2O3. The van der Waals surface area contributed by atoms with Crippen LogP contribution in [0.15, 0.2) is 78.9 Å². The zero-order valence-electron chi connectivity index (χ0n) is 17.9. The van der Waals surface area contributed by atoms with Crippen LogP contribution in [0.25, 0.3) is 0 Å². The molecule has 1 aliphatic rings. The van der Waals surface area contributed by atoms with Gasteiger partial charge in [0, 0.05) is 18.7 Å². The molecule has 3 aromatic carbocycles. The molecule has 1 unspecified atom stereocenters. The van der Waals surface area contributed by atoms with E-state index in [1.165, 1.54) is 0 Å². The van der Waals surface area contributed by atoms with Gasteiger partial charge in [-0.05, 0) is 42.8 Å². The summed E-state index contributed by atoms with van der Waals surface area (Å²) in [5, 5.41) is 0.562. The summed E-state index contributed by atoms with van der Waals surface area (Å²) in [6.07, 6.45) is 0.630. The number of carbonyl (C=O) groups excluding carboxylic acids is 2. The third kappa shape index (κ3) is 4.63. The van der Waals surface area contributed by atoms with E-state index in [0.717, 1.165) is 11.4 Å². The summed E-state index contributed by atoms with van der Waals surface area (Å²) in [6, 6.07) is 24.1. The minimum Gasteiger partial charge on any atom is -0.492 e. The molecule has 0 saturated carbocycles. The maximum Gasteiger partial charge on any atom is 0.258 e. The number of para-hydroxylation sites is 3. The van der Waals surface area contributed by atoms with Crippen molar-refractivity contribution in [3.05, 3.63) is 89.4 Å². The highest BCUT2D eigenvalue weighted by molar-refractivity contribution is 6.32. The maximum atomic E-state index is 13.3. The monoisotopic (exact) mass is 448 g/mol. The normalized spacial score (nSPS) is 15.8. The number of halogens is 1. The zero-order chi connectivity index (χ0) is 22.5. The topological polar surface area (TPSA) is 49.9 Å². The molecule has 0 radical (unpaired) electrons. The smallest absolute Gasteiger partial charge is 0.258 e. The average Bonchev–Trinajstić information content (AvgIpc) is 2.93. The van der Waals surface area contributed by atoms with Gasteiger partial charge in [0.25, 0.3) is 5.91 Å². The molecule has 0 bridgehead atoms. The van der Waals surface area contributed by atoms with Gasteiger partial charge in [-0.2, -0.15) is 0 Å². The lowest BCUT2D eigenvalue weighted by atomic mass is 10.1. The number of fused-ring (bicyclic) bond motifs is 1. The average molecular weight is 449 g/mol. The van der Waals surface area contributed by atoms with Crippen molar-refractivity contribution in [2.75, 3.05) is 29.5 Å². The van der Waals surface area contributed by atoms with Gasteiger partial charge in [-0.1, -0.05) is 61.0 Å². The molecule has 0 N–H and O–H groups in total. The Morgan fingerprint density at radius 2 is 1.62 bits per heavy atom. The number of nitrogens with zero attached hydrogens (tertiary/aromatic N) is 2. The van der Waals surface area contributed by atoms with Crippen LogP contribution in [0, 0.1) is 5.92 Å². The molecule has 4 rings (SSSR count). The predicted molar refractivity (Wildman–Crippen MR) is 128 cm³/mol. The highest BCUT2D eigenvalue weighted by Crippen LogP contribution is 2.35. The molecule has 3 aromatic rings. The number of carbonyl (C=O) groups is 2. The third-order valence-electron chi connectivity index (χ3n) is 5.49. The van der Waals surface area contributed by atoms with E-state index in [2.05, 4.69) is 0 Å². The van der Waals surface area contributed by atoms with Gasteiger partial charge in [0.1, 0.15) is 5.75 Å². The van der Waals surface area contributed by atoms with Gasteiger partial charge in [0.2, 0.25) is 5.91 Å². The largest absolute Gasteiger partial charge is 0.492 e. The van der Waals surface area contributed by atoms with E-state index in [1.54, 1.807) is 28.0 Å². The summed E-state index contributed by atoms with van der Waals surface area (Å²) in [5.74, 6) is 0.185. The lowest BCUT2D eigenvalue weighted by Crippen LogP contribution is -2.39. The number of rotatable bonds is 6. The van der Waals surface area contributed by atoms with Crippen LogP contribution in [0.2, 0.25) is 5.02 Å². The number of amides is 2. The molecule has 6 heteroatoms. The third-order valence-corrected chi connectivity index (χ3v) is 5.81. The van der Waals surface area contributed by atoms with E-state index in [-0.39, 0.29) is 17.7 Å². The predicted octanol–water partition coefficient (Wildman–Crippen LogP) is 5.44. The first kappa shape index (κ1) is 21.9. The second-order valence-electron chi connectivity index (χ2n) is 7.79. The van der Waals surface area contributed by atoms with E-state index in [9.17, 15) is 9.59 Å². The van der Waals surface area contributed by atoms with Gasteiger partial charge in [-0.3, -0.25) is 9.59 Å². The summed E-state index contributed by atoms with van der Waals surface area (Å²) in [7, 11) is 0. The van der Waals surface area contributed by atoms with E-state index < -0.39 is 0 Å². The minimum atomic E-state index is -0.334. The molecule has 1 aliphatic heterocycles. The number of hydrogen-bond acceptors (Lipinski definition) is 3. The first-order valence-electron chi connectivity index (χ1n) is 10.7. The molecule has 2 amide bonds. The molecule has 5 nitrogen and oxygen atoms in total. The fraction of sp³-hybridized carbons (Fsp3) is 0.231. The molecule has 32 heavy (non-hydrogen) atoms. The summed E-state index contributed by atoms with van der Waals surface area (Å²) < 4.78 is 5.79. The quantitative estimate of drug-likeness (QED) is 0.472. The van der Waals surface area contributed by atoms with Gasteiger partial charge < -0.3 is 14.5 Å². The lowest BCUT2D eigenvalue weighted by molar-refractivity contribution is -0.121. The van der Waals surface area contributed by atoms with Crippen molar-refractivity contribution in [1.29, 1.82) is 0 Å². The van der Waals surface area contributed by atoms with Crippen molar-refractivity contribution < 1.29 is 14.3 Å². The van der Waals surface area contributed by atoms with Crippen LogP contribution >= 0.6 is 11.6 Å². The van der Waals surface area contributed by atoms with E-state index >= 15 is 0 Å². The fourth-order valence-corrected chi connectivity index (χ4v) is 4.07. The number of benzene rings is 3. The second kappa shape index (κ2) is 9.88. The summed E-state index contributed by atoms with van der Waals surface area (Å²) in [6.45, 7) is 3.11. The Morgan fingerprint density at radius 1 is 0.969 bits per heavy atom. The van der Waals surface area contributed by atoms with Gasteiger partial charge in [0.05, 0.1) is 28.9 Å². The first-order chi connectivity index (χ1) is 15.6. The van der Waals surface area contributed by atoms with Gasteiger partial charge >= 0.3 is 0 Å². The van der Waals surface area contributed by atoms with E-state index in [1.807, 2.05) is 67.6 Å². The molecule has 0 aromatic heterocycles. The lowest BCUT2D eigenvalue weighted by Gasteiger charge is -2.25. The molecule has 1 atom stereocenters. The second-order valence-corrected chi connectivity index (χ2v) is 8.20. The molecule has 0 saturated heterocycles. The van der Waals surface area contributed by atoms with Gasteiger partial charge in [-0.15, -0.1) is 0 Å². The standard InChI is InChI=1S/C26H25ClN2O3/c1-19-18-29(26(31)20-10-3-2-4-11-20)23-14-7-6-13-22(23)28(25(19)30)16-9-17-32-24-15-8-5-12-21(24)27/h2-8,10-15,19H,9,16-18H2,1H3. The van der Waals surface area contributed by atoms with Gasteiger partial charge in [0.15, 0.2) is 0 Å². The Labute approximate surface area is 193 Å².